The van der Waals surface area contributed by atoms with E-state index in [0.29, 0.717) is 6.42 Å². The van der Waals surface area contributed by atoms with Crippen LogP contribution in [-0.2, 0) is 28.6 Å². The van der Waals surface area contributed by atoms with Gasteiger partial charge < -0.3 is 29.5 Å². The largest absolute Gasteiger partial charge is 0.467 e. The van der Waals surface area contributed by atoms with E-state index in [9.17, 15) is 29.7 Å². The zero-order chi connectivity index (χ0) is 18.4. The van der Waals surface area contributed by atoms with Crippen LogP contribution < -0.4 is 0 Å². The van der Waals surface area contributed by atoms with Gasteiger partial charge in [-0.05, 0) is 25.2 Å². The van der Waals surface area contributed by atoms with Gasteiger partial charge >= 0.3 is 17.9 Å². The smallest absolute Gasteiger partial charge is 0.343 e. The molecule has 0 amide bonds. The summed E-state index contributed by atoms with van der Waals surface area (Å²) in [5.41, 5.74) is -8.06. The van der Waals surface area contributed by atoms with Gasteiger partial charge in [0.1, 0.15) is 12.7 Å². The third-order valence-corrected chi connectivity index (χ3v) is 7.17. The zero-order valence-corrected chi connectivity index (χ0v) is 13.9. The molecule has 2 spiro atoms. The number of methoxy groups -OCH3 is 1. The summed E-state index contributed by atoms with van der Waals surface area (Å²) in [5.74, 6) is -3.51. The van der Waals surface area contributed by atoms with Crippen molar-refractivity contribution in [3.63, 3.8) is 0 Å². The van der Waals surface area contributed by atoms with E-state index in [0.717, 1.165) is 7.11 Å². The first kappa shape index (κ1) is 16.7. The number of esters is 3. The Morgan fingerprint density at radius 3 is 2.52 bits per heavy atom. The molecule has 1 unspecified atom stereocenters. The third-order valence-electron chi connectivity index (χ3n) is 7.17. The fourth-order valence-corrected chi connectivity index (χ4v) is 5.79. The van der Waals surface area contributed by atoms with Gasteiger partial charge in [-0.25, -0.2) is 9.59 Å². The van der Waals surface area contributed by atoms with Crippen molar-refractivity contribution in [2.24, 2.45) is 16.7 Å². The van der Waals surface area contributed by atoms with Crippen LogP contribution in [0.25, 0.3) is 0 Å². The lowest BCUT2D eigenvalue weighted by Gasteiger charge is -2.68. The molecule has 0 aromatic heterocycles. The Kier molecular flexibility index (Phi) is 3.03. The predicted octanol–water partition coefficient (Wildman–Crippen LogP) is -1.73. The fraction of sp³-hybridized carbons (Fsp3) is 0.812. The Balaban J connectivity index is 2.03. The Hall–Kier alpha value is -1.71. The van der Waals surface area contributed by atoms with E-state index in [1.54, 1.807) is 6.92 Å². The maximum atomic E-state index is 12.5. The maximum absolute atomic E-state index is 12.5. The molecule has 7 atom stereocenters. The number of rotatable bonds is 1. The SMILES string of the molecule is COC(=O)[C@]1(O)[C@@H]2C[C@]3([C@H](C)CCC3(O)[C@]13COC3=O)[C@@H](O)C(=O)O2. The lowest BCUT2D eigenvalue weighted by molar-refractivity contribution is -0.357. The van der Waals surface area contributed by atoms with Gasteiger partial charge in [0.05, 0.1) is 12.7 Å². The lowest BCUT2D eigenvalue weighted by atomic mass is 9.42. The van der Waals surface area contributed by atoms with Gasteiger partial charge in [0.2, 0.25) is 5.60 Å². The van der Waals surface area contributed by atoms with E-state index < -0.39 is 58.8 Å². The number of cyclic esters (lactones) is 1. The van der Waals surface area contributed by atoms with E-state index in [-0.39, 0.29) is 18.8 Å². The van der Waals surface area contributed by atoms with Crippen LogP contribution >= 0.6 is 0 Å². The standard InChI is InChI=1S/C16H20O9/c1-7-3-4-15(21)13(7)5-8(25-10(18)9(13)17)16(22,12(20)23-2)14(15)6-24-11(14)19/h7-9,17,21-22H,3-6H2,1-2H3/t7-,8+,9+,13+,14-,15?,16-/m1/s1. The second-order valence-corrected chi connectivity index (χ2v) is 7.61. The molecule has 25 heavy (non-hydrogen) atoms. The number of hydrogen-bond donors (Lipinski definition) is 3. The Morgan fingerprint density at radius 1 is 1.32 bits per heavy atom. The van der Waals surface area contributed by atoms with Gasteiger partial charge in [0, 0.05) is 5.41 Å². The van der Waals surface area contributed by atoms with E-state index >= 15 is 0 Å². The first-order valence-electron chi connectivity index (χ1n) is 8.22. The maximum Gasteiger partial charge on any atom is 0.343 e. The summed E-state index contributed by atoms with van der Waals surface area (Å²) in [4.78, 5) is 37.3. The van der Waals surface area contributed by atoms with Crippen molar-refractivity contribution < 1.29 is 43.9 Å². The summed E-state index contributed by atoms with van der Waals surface area (Å²) in [6.07, 6.45) is -2.82. The quantitative estimate of drug-likeness (QED) is 0.369. The van der Waals surface area contributed by atoms with E-state index in [1.165, 1.54) is 0 Å². The highest BCUT2D eigenvalue weighted by Crippen LogP contribution is 2.72. The van der Waals surface area contributed by atoms with Crippen LogP contribution in [0.2, 0.25) is 0 Å². The first-order valence-corrected chi connectivity index (χ1v) is 8.22. The second kappa shape index (κ2) is 4.52. The molecule has 3 N–H and O–H groups in total. The molecule has 0 aromatic rings. The van der Waals surface area contributed by atoms with Crippen molar-refractivity contribution in [1.82, 2.24) is 0 Å². The van der Waals surface area contributed by atoms with Crippen LogP contribution in [0.1, 0.15) is 26.2 Å². The molecule has 2 bridgehead atoms. The lowest BCUT2D eigenvalue weighted by Crippen LogP contribution is -2.88. The monoisotopic (exact) mass is 356 g/mol. The van der Waals surface area contributed by atoms with Crippen molar-refractivity contribution >= 4 is 17.9 Å². The molecule has 2 aliphatic heterocycles. The molecule has 0 aromatic carbocycles. The van der Waals surface area contributed by atoms with Gasteiger partial charge in [-0.3, -0.25) is 4.79 Å². The zero-order valence-electron chi connectivity index (χ0n) is 13.9. The molecule has 2 saturated carbocycles. The number of carbonyl (C=O) groups excluding carboxylic acids is 3. The second-order valence-electron chi connectivity index (χ2n) is 7.61. The molecule has 2 saturated heterocycles. The highest BCUT2D eigenvalue weighted by atomic mass is 16.6. The number of ether oxygens (including phenoxy) is 3. The number of hydrogen-bond acceptors (Lipinski definition) is 9. The molecule has 4 aliphatic rings. The van der Waals surface area contributed by atoms with Crippen LogP contribution in [0, 0.1) is 16.7 Å². The molecular formula is C16H20O9. The predicted molar refractivity (Wildman–Crippen MR) is 76.6 cm³/mol. The molecule has 138 valence electrons. The van der Waals surface area contributed by atoms with Crippen LogP contribution in [0.5, 0.6) is 0 Å². The summed E-state index contributed by atoms with van der Waals surface area (Å²) in [7, 11) is 1.03. The molecule has 2 heterocycles. The number of aliphatic hydroxyl groups excluding tert-OH is 1. The minimum absolute atomic E-state index is 0.0274. The van der Waals surface area contributed by atoms with Crippen molar-refractivity contribution in [2.45, 2.75) is 49.6 Å². The fourth-order valence-electron chi connectivity index (χ4n) is 5.79. The van der Waals surface area contributed by atoms with Crippen molar-refractivity contribution in [3.8, 4) is 0 Å². The summed E-state index contributed by atoms with van der Waals surface area (Å²) < 4.78 is 14.7. The highest BCUT2D eigenvalue weighted by Gasteiger charge is 2.90. The summed E-state index contributed by atoms with van der Waals surface area (Å²) in [6.45, 7) is 1.33. The first-order chi connectivity index (χ1) is 11.6. The van der Waals surface area contributed by atoms with Crippen molar-refractivity contribution in [1.29, 1.82) is 0 Å². The Labute approximate surface area is 142 Å². The van der Waals surface area contributed by atoms with Crippen LogP contribution in [0.4, 0.5) is 0 Å². The average Bonchev–Trinajstić information content (AvgIpc) is 2.83. The summed E-state index contributed by atoms with van der Waals surface area (Å²) >= 11 is 0. The molecule has 4 fully saturated rings. The summed E-state index contributed by atoms with van der Waals surface area (Å²) in [6, 6.07) is 0. The van der Waals surface area contributed by atoms with Crippen LogP contribution in [-0.4, -0.2) is 70.4 Å². The third kappa shape index (κ3) is 1.36. The topological polar surface area (TPSA) is 140 Å². The van der Waals surface area contributed by atoms with Gasteiger partial charge in [0.15, 0.2) is 11.5 Å². The normalized spacial score (nSPS) is 53.6. The summed E-state index contributed by atoms with van der Waals surface area (Å²) in [5, 5.41) is 33.6. The van der Waals surface area contributed by atoms with E-state index in [2.05, 4.69) is 4.74 Å². The number of aliphatic hydroxyl groups is 3. The van der Waals surface area contributed by atoms with Gasteiger partial charge in [-0.15, -0.1) is 0 Å². The minimum Gasteiger partial charge on any atom is -0.467 e. The van der Waals surface area contributed by atoms with E-state index in [1.807, 2.05) is 0 Å². The molecular weight excluding hydrogens is 336 g/mol. The number of fused-ring (bicyclic) bond motifs is 2. The molecule has 2 aliphatic carbocycles. The van der Waals surface area contributed by atoms with Crippen LogP contribution in [0.3, 0.4) is 0 Å². The van der Waals surface area contributed by atoms with Crippen molar-refractivity contribution in [3.05, 3.63) is 0 Å². The molecule has 4 rings (SSSR count). The van der Waals surface area contributed by atoms with Gasteiger partial charge in [0.25, 0.3) is 0 Å². The minimum atomic E-state index is -2.59. The van der Waals surface area contributed by atoms with Gasteiger partial charge in [-0.2, -0.15) is 0 Å². The average molecular weight is 356 g/mol. The highest BCUT2D eigenvalue weighted by molar-refractivity contribution is 5.97. The van der Waals surface area contributed by atoms with Gasteiger partial charge in [-0.1, -0.05) is 6.92 Å². The van der Waals surface area contributed by atoms with E-state index in [4.69, 9.17) is 9.47 Å². The molecule has 0 radical (unpaired) electrons. The number of carbonyl (C=O) groups is 3. The Bertz CT molecular complexity index is 691. The molecule has 9 nitrogen and oxygen atoms in total. The Morgan fingerprint density at radius 2 is 2.00 bits per heavy atom. The molecule has 9 heteroatoms. The van der Waals surface area contributed by atoms with Crippen LogP contribution in [0.15, 0.2) is 0 Å². The van der Waals surface area contributed by atoms with Crippen molar-refractivity contribution in [2.75, 3.05) is 13.7 Å².